The van der Waals surface area contributed by atoms with E-state index in [0.717, 1.165) is 25.0 Å². The van der Waals surface area contributed by atoms with Gasteiger partial charge in [0, 0.05) is 12.5 Å². The van der Waals surface area contributed by atoms with E-state index < -0.39 is 0 Å². The molecule has 0 bridgehead atoms. The Labute approximate surface area is 79.9 Å². The van der Waals surface area contributed by atoms with Gasteiger partial charge in [0.15, 0.2) is 6.29 Å². The second-order valence-electron chi connectivity index (χ2n) is 3.91. The van der Waals surface area contributed by atoms with Crippen molar-refractivity contribution in [2.45, 2.75) is 26.6 Å². The highest BCUT2D eigenvalue weighted by Gasteiger charge is 2.49. The minimum atomic E-state index is 0.0940. The number of hydrogen-bond donors (Lipinski definition) is 0. The number of allylic oxidation sites excluding steroid dienone is 2. The molecule has 2 fully saturated rings. The lowest BCUT2D eigenvalue weighted by Crippen LogP contribution is -2.38. The van der Waals surface area contributed by atoms with E-state index in [0.29, 0.717) is 5.92 Å². The fraction of sp³-hybridized carbons (Fsp3) is 0.818. The van der Waals surface area contributed by atoms with E-state index in [1.165, 1.54) is 6.42 Å². The van der Waals surface area contributed by atoms with Gasteiger partial charge in [-0.3, -0.25) is 0 Å². The van der Waals surface area contributed by atoms with Crippen LogP contribution in [-0.2, 0) is 9.47 Å². The van der Waals surface area contributed by atoms with Crippen LogP contribution in [0.1, 0.15) is 20.3 Å². The van der Waals surface area contributed by atoms with Crippen molar-refractivity contribution in [1.29, 1.82) is 0 Å². The van der Waals surface area contributed by atoms with Crippen molar-refractivity contribution in [3.63, 3.8) is 0 Å². The molecule has 0 aromatic rings. The monoisotopic (exact) mass is 182 g/mol. The van der Waals surface area contributed by atoms with Gasteiger partial charge in [0.2, 0.25) is 0 Å². The third-order valence-corrected chi connectivity index (χ3v) is 3.22. The highest BCUT2D eigenvalue weighted by atomic mass is 16.7. The number of fused-ring (bicyclic) bond motifs is 1. The fourth-order valence-corrected chi connectivity index (χ4v) is 2.48. The summed E-state index contributed by atoms with van der Waals surface area (Å²) in [6, 6.07) is 0. The molecule has 0 amide bonds. The molecule has 1 heterocycles. The Morgan fingerprint density at radius 1 is 1.46 bits per heavy atom. The summed E-state index contributed by atoms with van der Waals surface area (Å²) in [6.07, 6.45) is 5.80. The van der Waals surface area contributed by atoms with Crippen LogP contribution < -0.4 is 0 Å². The zero-order chi connectivity index (χ0) is 9.26. The summed E-state index contributed by atoms with van der Waals surface area (Å²) in [5.74, 6) is 2.15. The number of ether oxygens (including phenoxy) is 2. The average Bonchev–Trinajstić information content (AvgIpc) is 2.40. The zero-order valence-corrected chi connectivity index (χ0v) is 8.40. The maximum absolute atomic E-state index is 5.60. The van der Waals surface area contributed by atoms with Crippen molar-refractivity contribution in [3.05, 3.63) is 12.2 Å². The first-order valence-electron chi connectivity index (χ1n) is 5.22. The average molecular weight is 182 g/mol. The highest BCUT2D eigenvalue weighted by molar-refractivity contribution is 5.03. The second-order valence-corrected chi connectivity index (χ2v) is 3.91. The molecule has 1 saturated carbocycles. The molecule has 4 atom stereocenters. The van der Waals surface area contributed by atoms with Crippen molar-refractivity contribution in [2.75, 3.05) is 13.2 Å². The van der Waals surface area contributed by atoms with Crippen LogP contribution >= 0.6 is 0 Å². The molecule has 0 unspecified atom stereocenters. The van der Waals surface area contributed by atoms with Gasteiger partial charge < -0.3 is 9.47 Å². The third kappa shape index (κ3) is 1.53. The first-order chi connectivity index (χ1) is 6.36. The number of rotatable bonds is 3. The van der Waals surface area contributed by atoms with Gasteiger partial charge in [-0.2, -0.15) is 0 Å². The largest absolute Gasteiger partial charge is 0.353 e. The van der Waals surface area contributed by atoms with Crippen molar-refractivity contribution in [1.82, 2.24) is 0 Å². The smallest absolute Gasteiger partial charge is 0.160 e. The minimum absolute atomic E-state index is 0.0940. The Kier molecular flexibility index (Phi) is 2.70. The molecule has 0 aromatic heterocycles. The van der Waals surface area contributed by atoms with Crippen molar-refractivity contribution < 1.29 is 9.47 Å². The Bertz CT molecular complexity index is 200. The molecule has 74 valence electrons. The van der Waals surface area contributed by atoms with Gasteiger partial charge in [0.1, 0.15) is 0 Å². The van der Waals surface area contributed by atoms with E-state index in [4.69, 9.17) is 9.47 Å². The van der Waals surface area contributed by atoms with Crippen LogP contribution in [0, 0.1) is 17.8 Å². The molecule has 0 aromatic carbocycles. The van der Waals surface area contributed by atoms with Crippen molar-refractivity contribution >= 4 is 0 Å². The molecule has 2 aliphatic rings. The first kappa shape index (κ1) is 9.22. The summed E-state index contributed by atoms with van der Waals surface area (Å²) in [5, 5.41) is 0. The van der Waals surface area contributed by atoms with Gasteiger partial charge in [-0.05, 0) is 32.1 Å². The van der Waals surface area contributed by atoms with Crippen LogP contribution in [0.3, 0.4) is 0 Å². The van der Waals surface area contributed by atoms with Crippen molar-refractivity contribution in [3.8, 4) is 0 Å². The normalized spacial score (nSPS) is 43.5. The van der Waals surface area contributed by atoms with Crippen LogP contribution in [0.2, 0.25) is 0 Å². The molecular weight excluding hydrogens is 164 g/mol. The molecule has 1 saturated heterocycles. The predicted octanol–water partition coefficient (Wildman–Crippen LogP) is 2.21. The topological polar surface area (TPSA) is 18.5 Å². The molecule has 2 nitrogen and oxygen atoms in total. The molecule has 2 heteroatoms. The first-order valence-corrected chi connectivity index (χ1v) is 5.22. The Morgan fingerprint density at radius 2 is 2.31 bits per heavy atom. The van der Waals surface area contributed by atoms with Gasteiger partial charge in [0.25, 0.3) is 0 Å². The van der Waals surface area contributed by atoms with Gasteiger partial charge in [-0.25, -0.2) is 0 Å². The lowest BCUT2D eigenvalue weighted by molar-refractivity contribution is -0.134. The predicted molar refractivity (Wildman–Crippen MR) is 51.3 cm³/mol. The molecule has 0 radical (unpaired) electrons. The molecular formula is C11H18O2. The standard InChI is InChI=1S/C11H18O2/c1-3-5-8-6-9-10(8)7-13-11(9)12-4-2/h3,5,8-11H,4,6-7H2,1-2H3/b5-3+/t8-,9+,10-,11+/m1/s1. The summed E-state index contributed by atoms with van der Waals surface area (Å²) < 4.78 is 11.1. The van der Waals surface area contributed by atoms with Crippen LogP contribution in [0.15, 0.2) is 12.2 Å². The summed E-state index contributed by atoms with van der Waals surface area (Å²) in [5.41, 5.74) is 0. The summed E-state index contributed by atoms with van der Waals surface area (Å²) in [6.45, 7) is 5.77. The lowest BCUT2D eigenvalue weighted by atomic mass is 9.66. The third-order valence-electron chi connectivity index (χ3n) is 3.22. The number of hydrogen-bond acceptors (Lipinski definition) is 2. The van der Waals surface area contributed by atoms with Crippen LogP contribution in [-0.4, -0.2) is 19.5 Å². The van der Waals surface area contributed by atoms with E-state index >= 15 is 0 Å². The second kappa shape index (κ2) is 3.81. The van der Waals surface area contributed by atoms with Crippen LogP contribution in [0.4, 0.5) is 0 Å². The maximum atomic E-state index is 5.60. The van der Waals surface area contributed by atoms with Gasteiger partial charge in [-0.1, -0.05) is 12.2 Å². The summed E-state index contributed by atoms with van der Waals surface area (Å²) in [7, 11) is 0. The Morgan fingerprint density at radius 3 is 3.00 bits per heavy atom. The van der Waals surface area contributed by atoms with E-state index in [2.05, 4.69) is 19.1 Å². The molecule has 13 heavy (non-hydrogen) atoms. The SMILES string of the molecule is C/C=C/[C@@H]1C[C@@H]2[C@@H](OCC)OC[C@@H]21. The van der Waals surface area contributed by atoms with Crippen LogP contribution in [0.5, 0.6) is 0 Å². The lowest BCUT2D eigenvalue weighted by Gasteiger charge is -2.38. The fourth-order valence-electron chi connectivity index (χ4n) is 2.48. The molecule has 2 rings (SSSR count). The summed E-state index contributed by atoms with van der Waals surface area (Å²) in [4.78, 5) is 0. The van der Waals surface area contributed by atoms with E-state index in [1.807, 2.05) is 6.92 Å². The quantitative estimate of drug-likeness (QED) is 0.623. The van der Waals surface area contributed by atoms with Gasteiger partial charge in [-0.15, -0.1) is 0 Å². The van der Waals surface area contributed by atoms with Crippen LogP contribution in [0.25, 0.3) is 0 Å². The van der Waals surface area contributed by atoms with Gasteiger partial charge >= 0.3 is 0 Å². The van der Waals surface area contributed by atoms with Gasteiger partial charge in [0.05, 0.1) is 6.61 Å². The Hall–Kier alpha value is -0.340. The maximum Gasteiger partial charge on any atom is 0.160 e. The molecule has 0 N–H and O–H groups in total. The molecule has 1 aliphatic heterocycles. The molecule has 0 spiro atoms. The molecule has 1 aliphatic carbocycles. The minimum Gasteiger partial charge on any atom is -0.353 e. The van der Waals surface area contributed by atoms with E-state index in [9.17, 15) is 0 Å². The van der Waals surface area contributed by atoms with Crippen molar-refractivity contribution in [2.24, 2.45) is 17.8 Å². The highest BCUT2D eigenvalue weighted by Crippen LogP contribution is 2.48. The van der Waals surface area contributed by atoms with E-state index in [-0.39, 0.29) is 6.29 Å². The summed E-state index contributed by atoms with van der Waals surface area (Å²) >= 11 is 0. The van der Waals surface area contributed by atoms with E-state index in [1.54, 1.807) is 0 Å². The Balaban J connectivity index is 1.87. The zero-order valence-electron chi connectivity index (χ0n) is 8.40.